The van der Waals surface area contributed by atoms with Crippen molar-refractivity contribution in [1.82, 2.24) is 9.97 Å². The zero-order chi connectivity index (χ0) is 15.8. The van der Waals surface area contributed by atoms with Crippen molar-refractivity contribution in [2.45, 2.75) is 18.3 Å². The van der Waals surface area contributed by atoms with Gasteiger partial charge in [-0.3, -0.25) is 9.78 Å². The first-order valence-electron chi connectivity index (χ1n) is 7.72. The van der Waals surface area contributed by atoms with Crippen LogP contribution >= 0.6 is 0 Å². The van der Waals surface area contributed by atoms with E-state index in [1.54, 1.807) is 0 Å². The van der Waals surface area contributed by atoms with Crippen LogP contribution in [0.3, 0.4) is 0 Å². The topological polar surface area (TPSA) is 71.8 Å². The molecule has 0 saturated carbocycles. The molecule has 2 unspecified atom stereocenters. The first-order chi connectivity index (χ1) is 11.2. The summed E-state index contributed by atoms with van der Waals surface area (Å²) < 4.78 is 0. The third-order valence-electron chi connectivity index (χ3n) is 4.57. The van der Waals surface area contributed by atoms with Gasteiger partial charge < -0.3 is 5.73 Å². The zero-order valence-corrected chi connectivity index (χ0v) is 12.6. The number of H-pyrrole nitrogens is 1. The summed E-state index contributed by atoms with van der Waals surface area (Å²) in [4.78, 5) is 19.6. The van der Waals surface area contributed by atoms with Crippen molar-refractivity contribution < 1.29 is 0 Å². The fraction of sp³-hybridized carbons (Fsp3) is 0.158. The molecule has 4 rings (SSSR count). The van der Waals surface area contributed by atoms with Crippen molar-refractivity contribution in [3.63, 3.8) is 0 Å². The Balaban J connectivity index is 1.92. The number of aromatic nitrogens is 2. The Hall–Kier alpha value is -2.88. The largest absolute Gasteiger partial charge is 0.369 e. The third kappa shape index (κ3) is 2.32. The number of aromatic amines is 1. The van der Waals surface area contributed by atoms with Gasteiger partial charge in [-0.25, -0.2) is 4.98 Å². The molecule has 0 amide bonds. The molecule has 3 aromatic rings. The molecular formula is C19H17N3O. The lowest BCUT2D eigenvalue weighted by Crippen LogP contribution is -2.20. The Bertz CT molecular complexity index is 887. The highest BCUT2D eigenvalue weighted by Gasteiger charge is 2.37. The number of nitrogen functional groups attached to an aromatic ring is 1. The Kier molecular flexibility index (Phi) is 3.23. The number of hydrogen-bond donors (Lipinski definition) is 2. The maximum Gasteiger partial charge on any atom is 0.256 e. The predicted molar refractivity (Wildman–Crippen MR) is 90.4 cm³/mol. The molecule has 2 aromatic carbocycles. The van der Waals surface area contributed by atoms with Gasteiger partial charge in [0.25, 0.3) is 5.56 Å². The van der Waals surface area contributed by atoms with Crippen LogP contribution in [0.25, 0.3) is 0 Å². The van der Waals surface area contributed by atoms with Crippen LogP contribution in [-0.4, -0.2) is 9.97 Å². The Morgan fingerprint density at radius 2 is 1.57 bits per heavy atom. The van der Waals surface area contributed by atoms with E-state index >= 15 is 0 Å². The number of fused-ring (bicyclic) bond motifs is 1. The third-order valence-corrected chi connectivity index (χ3v) is 4.57. The van der Waals surface area contributed by atoms with E-state index in [4.69, 9.17) is 5.73 Å². The van der Waals surface area contributed by atoms with Gasteiger partial charge in [-0.1, -0.05) is 60.7 Å². The van der Waals surface area contributed by atoms with Gasteiger partial charge in [-0.05, 0) is 17.5 Å². The van der Waals surface area contributed by atoms with Gasteiger partial charge in [0.2, 0.25) is 5.95 Å². The molecular weight excluding hydrogens is 286 g/mol. The summed E-state index contributed by atoms with van der Waals surface area (Å²) in [5.74, 6) is 0.392. The number of nitrogens with zero attached hydrogens (tertiary/aromatic N) is 1. The van der Waals surface area contributed by atoms with Crippen LogP contribution in [-0.2, 0) is 6.42 Å². The van der Waals surface area contributed by atoms with Gasteiger partial charge in [0.15, 0.2) is 0 Å². The Morgan fingerprint density at radius 3 is 2.22 bits per heavy atom. The Morgan fingerprint density at radius 1 is 0.957 bits per heavy atom. The van der Waals surface area contributed by atoms with Crippen molar-refractivity contribution in [3.05, 3.63) is 93.4 Å². The van der Waals surface area contributed by atoms with E-state index in [1.807, 2.05) is 36.4 Å². The van der Waals surface area contributed by atoms with Gasteiger partial charge in [0.05, 0.1) is 5.69 Å². The van der Waals surface area contributed by atoms with Crippen LogP contribution in [0, 0.1) is 0 Å². The van der Waals surface area contributed by atoms with Gasteiger partial charge in [-0.2, -0.15) is 0 Å². The standard InChI is InChI=1S/C19H17N3O/c20-19-21-15-11-14(12-7-3-1-4-8-12)16(17(15)18(23)22-19)13-9-5-2-6-10-13/h1-10,14,16H,11H2,(H3,20,21,22,23). The molecule has 0 aliphatic heterocycles. The Labute approximate surface area is 134 Å². The first kappa shape index (κ1) is 13.8. The lowest BCUT2D eigenvalue weighted by atomic mass is 9.82. The number of nitrogens with two attached hydrogens (primary N) is 1. The van der Waals surface area contributed by atoms with Crippen LogP contribution in [0.4, 0.5) is 5.95 Å². The zero-order valence-electron chi connectivity index (χ0n) is 12.6. The van der Waals surface area contributed by atoms with Crippen molar-refractivity contribution >= 4 is 5.95 Å². The molecule has 0 saturated heterocycles. The molecule has 4 heteroatoms. The van der Waals surface area contributed by atoms with Crippen LogP contribution in [0.2, 0.25) is 0 Å². The lowest BCUT2D eigenvalue weighted by molar-refractivity contribution is 0.652. The first-order valence-corrected chi connectivity index (χ1v) is 7.72. The van der Waals surface area contributed by atoms with E-state index in [9.17, 15) is 4.79 Å². The summed E-state index contributed by atoms with van der Waals surface area (Å²) >= 11 is 0. The summed E-state index contributed by atoms with van der Waals surface area (Å²) in [6.45, 7) is 0. The summed E-state index contributed by atoms with van der Waals surface area (Å²) in [6, 6.07) is 20.5. The van der Waals surface area contributed by atoms with Crippen LogP contribution in [0.15, 0.2) is 65.5 Å². The number of rotatable bonds is 2. The average Bonchev–Trinajstić information content (AvgIpc) is 2.96. The van der Waals surface area contributed by atoms with E-state index in [2.05, 4.69) is 34.2 Å². The second-order valence-corrected chi connectivity index (χ2v) is 5.92. The van der Waals surface area contributed by atoms with Crippen molar-refractivity contribution in [1.29, 1.82) is 0 Å². The van der Waals surface area contributed by atoms with Crippen molar-refractivity contribution in [2.75, 3.05) is 5.73 Å². The average molecular weight is 303 g/mol. The van der Waals surface area contributed by atoms with E-state index in [1.165, 1.54) is 5.56 Å². The molecule has 1 aliphatic carbocycles. The molecule has 114 valence electrons. The van der Waals surface area contributed by atoms with Crippen LogP contribution < -0.4 is 11.3 Å². The molecule has 1 aromatic heterocycles. The molecule has 4 nitrogen and oxygen atoms in total. The minimum absolute atomic E-state index is 0.00505. The highest BCUT2D eigenvalue weighted by molar-refractivity contribution is 5.46. The van der Waals surface area contributed by atoms with E-state index in [-0.39, 0.29) is 23.3 Å². The van der Waals surface area contributed by atoms with Crippen molar-refractivity contribution in [3.8, 4) is 0 Å². The molecule has 1 heterocycles. The molecule has 23 heavy (non-hydrogen) atoms. The molecule has 1 aliphatic rings. The predicted octanol–water partition coefficient (Wildman–Crippen LogP) is 2.82. The molecule has 0 bridgehead atoms. The fourth-order valence-corrected chi connectivity index (χ4v) is 3.62. The number of anilines is 1. The molecule has 0 spiro atoms. The maximum absolute atomic E-state index is 12.5. The van der Waals surface area contributed by atoms with Gasteiger partial charge in [0.1, 0.15) is 0 Å². The normalized spacial score (nSPS) is 19.5. The lowest BCUT2D eigenvalue weighted by Gasteiger charge is -2.20. The summed E-state index contributed by atoms with van der Waals surface area (Å²) in [5.41, 5.74) is 9.53. The summed E-state index contributed by atoms with van der Waals surface area (Å²) in [7, 11) is 0. The SMILES string of the molecule is Nc1nc2c(c(=O)[nH]1)C(c1ccccc1)C(c1ccccc1)C2. The highest BCUT2D eigenvalue weighted by atomic mass is 16.1. The number of benzene rings is 2. The van der Waals surface area contributed by atoms with Crippen LogP contribution in [0.1, 0.15) is 34.2 Å². The number of nitrogens with one attached hydrogen (secondary N) is 1. The van der Waals surface area contributed by atoms with Gasteiger partial charge in [0, 0.05) is 17.4 Å². The van der Waals surface area contributed by atoms with E-state index in [0.29, 0.717) is 0 Å². The van der Waals surface area contributed by atoms with E-state index < -0.39 is 0 Å². The molecule has 0 radical (unpaired) electrons. The monoisotopic (exact) mass is 303 g/mol. The minimum Gasteiger partial charge on any atom is -0.369 e. The van der Waals surface area contributed by atoms with Crippen molar-refractivity contribution in [2.24, 2.45) is 0 Å². The van der Waals surface area contributed by atoms with Crippen LogP contribution in [0.5, 0.6) is 0 Å². The second kappa shape index (κ2) is 5.39. The van der Waals surface area contributed by atoms with E-state index in [0.717, 1.165) is 23.2 Å². The molecule has 3 N–H and O–H groups in total. The summed E-state index contributed by atoms with van der Waals surface area (Å²) in [5, 5.41) is 0. The summed E-state index contributed by atoms with van der Waals surface area (Å²) in [6.07, 6.45) is 0.729. The smallest absolute Gasteiger partial charge is 0.256 e. The highest BCUT2D eigenvalue weighted by Crippen LogP contribution is 2.45. The maximum atomic E-state index is 12.5. The quantitative estimate of drug-likeness (QED) is 0.764. The fourth-order valence-electron chi connectivity index (χ4n) is 3.62. The second-order valence-electron chi connectivity index (χ2n) is 5.92. The number of hydrogen-bond acceptors (Lipinski definition) is 3. The van der Waals surface area contributed by atoms with Gasteiger partial charge in [-0.15, -0.1) is 0 Å². The molecule has 0 fully saturated rings. The molecule has 2 atom stereocenters. The van der Waals surface area contributed by atoms with Gasteiger partial charge >= 0.3 is 0 Å². The minimum atomic E-state index is -0.125.